The average molecular weight is 1220 g/mol. The number of ether oxygens (including phenoxy) is 2. The number of terminal acetylenes is 2. The van der Waals surface area contributed by atoms with E-state index < -0.39 is 0 Å². The van der Waals surface area contributed by atoms with Crippen LogP contribution >= 0.6 is 0 Å². The first-order valence-corrected chi connectivity index (χ1v) is 32.5. The van der Waals surface area contributed by atoms with Crippen molar-refractivity contribution in [2.24, 2.45) is 0 Å². The lowest BCUT2D eigenvalue weighted by atomic mass is 9.82. The van der Waals surface area contributed by atoms with Crippen molar-refractivity contribution in [2.75, 3.05) is 9.80 Å². The predicted octanol–water partition coefficient (Wildman–Crippen LogP) is 25.1. The van der Waals surface area contributed by atoms with Crippen LogP contribution in [-0.4, -0.2) is 0 Å². The summed E-state index contributed by atoms with van der Waals surface area (Å²) in [6.45, 7) is 0. The molecule has 4 nitrogen and oxygen atoms in total. The first-order valence-electron chi connectivity index (χ1n) is 32.5. The SMILES string of the molecule is C#COc1ccc(N(c2c3cc4ccccc4cc3c(-c3c4cc5ccccc5cc4c(N(c4ccc(OC#C)cc4)c4ccc5c6c(cccc46)-c4ccccc4-5)c4cc5ccccc5cc34)c3cc4ccccc4cc23)c2ccc3c4c(cccc24)-c2ccccc2-3)cc1. The van der Waals surface area contributed by atoms with E-state index in [0.29, 0.717) is 11.5 Å². The van der Waals surface area contributed by atoms with Crippen LogP contribution in [0, 0.1) is 25.1 Å². The van der Waals surface area contributed by atoms with E-state index in [1.165, 1.54) is 55.3 Å². The van der Waals surface area contributed by atoms with Crippen LogP contribution in [0.25, 0.3) is 163 Å². The molecule has 0 amide bonds. The molecule has 0 atom stereocenters. The van der Waals surface area contributed by atoms with Gasteiger partial charge < -0.3 is 19.3 Å². The fourth-order valence-electron chi connectivity index (χ4n) is 16.4. The fraction of sp³-hybridized carbons (Fsp3) is 0. The Hall–Kier alpha value is -13.1. The first-order chi connectivity index (χ1) is 47.5. The summed E-state index contributed by atoms with van der Waals surface area (Å²) in [5.74, 6) is 1.18. The summed E-state index contributed by atoms with van der Waals surface area (Å²) in [6.07, 6.45) is 16.5. The number of hydrogen-bond donors (Lipinski definition) is 0. The second kappa shape index (κ2) is 20.7. The minimum Gasteiger partial charge on any atom is -0.408 e. The Morgan fingerprint density at radius 1 is 0.229 bits per heavy atom. The molecule has 20 rings (SSSR count). The van der Waals surface area contributed by atoms with E-state index in [1.54, 1.807) is 0 Å². The zero-order valence-electron chi connectivity index (χ0n) is 51.7. The molecule has 2 aliphatic rings. The number of fused-ring (bicyclic) bond motifs is 14. The van der Waals surface area contributed by atoms with Gasteiger partial charge in [0.1, 0.15) is 23.7 Å². The highest BCUT2D eigenvalue weighted by atomic mass is 16.5. The summed E-state index contributed by atoms with van der Waals surface area (Å²) in [6, 6.07) is 112. The van der Waals surface area contributed by atoms with Gasteiger partial charge in [0.25, 0.3) is 0 Å². The first kappa shape index (κ1) is 53.5. The van der Waals surface area contributed by atoms with E-state index >= 15 is 0 Å². The zero-order valence-corrected chi connectivity index (χ0v) is 51.7. The van der Waals surface area contributed by atoms with Crippen molar-refractivity contribution in [3.63, 3.8) is 0 Å². The van der Waals surface area contributed by atoms with Crippen LogP contribution in [0.2, 0.25) is 0 Å². The highest BCUT2D eigenvalue weighted by Crippen LogP contribution is 2.59. The van der Waals surface area contributed by atoms with Crippen molar-refractivity contribution in [3.05, 3.63) is 303 Å². The van der Waals surface area contributed by atoms with Gasteiger partial charge in [-0.1, -0.05) is 207 Å². The maximum Gasteiger partial charge on any atom is 0.140 e. The normalized spacial score (nSPS) is 11.9. The molecule has 96 heavy (non-hydrogen) atoms. The lowest BCUT2D eigenvalue weighted by molar-refractivity contribution is 0.520. The van der Waals surface area contributed by atoms with Gasteiger partial charge in [-0.05, 0) is 240 Å². The molecule has 18 aromatic rings. The molecule has 2 aliphatic carbocycles. The van der Waals surface area contributed by atoms with Gasteiger partial charge >= 0.3 is 0 Å². The minimum atomic E-state index is 0.592. The summed E-state index contributed by atoms with van der Waals surface area (Å²) in [4.78, 5) is 5.02. The highest BCUT2D eigenvalue weighted by Gasteiger charge is 2.33. The monoisotopic (exact) mass is 1220 g/mol. The molecule has 0 unspecified atom stereocenters. The molecule has 0 fully saturated rings. The van der Waals surface area contributed by atoms with Crippen LogP contribution in [-0.2, 0) is 0 Å². The maximum atomic E-state index is 5.82. The van der Waals surface area contributed by atoms with E-state index in [0.717, 1.165) is 142 Å². The van der Waals surface area contributed by atoms with Gasteiger partial charge in [-0.15, -0.1) is 0 Å². The molecule has 4 heteroatoms. The van der Waals surface area contributed by atoms with E-state index in [4.69, 9.17) is 22.3 Å². The fourth-order valence-corrected chi connectivity index (χ4v) is 16.4. The Morgan fingerprint density at radius 2 is 0.490 bits per heavy atom. The molecule has 0 spiro atoms. The molecule has 0 saturated heterocycles. The lowest BCUT2D eigenvalue weighted by Crippen LogP contribution is -2.13. The second-order valence-corrected chi connectivity index (χ2v) is 25.3. The Labute approximate surface area is 553 Å². The summed E-state index contributed by atoms with van der Waals surface area (Å²) in [5, 5.41) is 22.7. The van der Waals surface area contributed by atoms with Gasteiger partial charge in [-0.25, -0.2) is 0 Å². The van der Waals surface area contributed by atoms with E-state index in [9.17, 15) is 0 Å². The minimum absolute atomic E-state index is 0.592. The van der Waals surface area contributed by atoms with Gasteiger partial charge in [0.05, 0.1) is 22.7 Å². The molecule has 0 bridgehead atoms. The van der Waals surface area contributed by atoms with Gasteiger partial charge in [-0.3, -0.25) is 0 Å². The Bertz CT molecular complexity index is 5900. The molecule has 0 N–H and O–H groups in total. The molecule has 18 aromatic carbocycles. The number of nitrogens with zero attached hydrogens (tertiary/aromatic N) is 2. The molecule has 0 saturated carbocycles. The summed E-state index contributed by atoms with van der Waals surface area (Å²) < 4.78 is 11.5. The Kier molecular flexibility index (Phi) is 11.5. The summed E-state index contributed by atoms with van der Waals surface area (Å²) in [5.41, 5.74) is 18.3. The second-order valence-electron chi connectivity index (χ2n) is 25.3. The third-order valence-electron chi connectivity index (χ3n) is 20.4. The summed E-state index contributed by atoms with van der Waals surface area (Å²) >= 11 is 0. The van der Waals surface area contributed by atoms with E-state index in [1.807, 2.05) is 24.3 Å². The largest absolute Gasteiger partial charge is 0.408 e. The number of benzene rings is 18. The number of hydrogen-bond acceptors (Lipinski definition) is 4. The predicted molar refractivity (Wildman–Crippen MR) is 404 cm³/mol. The van der Waals surface area contributed by atoms with Crippen LogP contribution in [0.5, 0.6) is 11.5 Å². The number of rotatable bonds is 9. The lowest BCUT2D eigenvalue weighted by Gasteiger charge is -2.33. The quantitative estimate of drug-likeness (QED) is 0.106. The zero-order chi connectivity index (χ0) is 63.3. The van der Waals surface area contributed by atoms with Crippen molar-refractivity contribution in [3.8, 4) is 92.2 Å². The van der Waals surface area contributed by atoms with Crippen molar-refractivity contribution in [1.29, 1.82) is 0 Å². The van der Waals surface area contributed by atoms with Gasteiger partial charge in [0.15, 0.2) is 0 Å². The van der Waals surface area contributed by atoms with Crippen LogP contribution in [0.4, 0.5) is 34.1 Å². The van der Waals surface area contributed by atoms with Crippen molar-refractivity contribution in [1.82, 2.24) is 0 Å². The molecule has 0 radical (unpaired) electrons. The van der Waals surface area contributed by atoms with Crippen LogP contribution < -0.4 is 19.3 Å². The van der Waals surface area contributed by atoms with Gasteiger partial charge in [-0.2, -0.15) is 0 Å². The molecule has 0 aromatic heterocycles. The maximum absolute atomic E-state index is 5.82. The third kappa shape index (κ3) is 7.82. The molecule has 0 aliphatic heterocycles. The standard InChI is InChI=1S/C92H52N2O2/c1-3-95-65-39-35-63(36-40-65)93(85-45-43-73-69-29-15-13-27-67(69)71-31-17-33-75(85)87(71)73)91-81-51-59-23-9-5-19-55(59)47-77(81)89(78-48-56-20-6-10-24-60(56)52-82(78)91)90-79-49-57-21-7-11-25-61(57)53-83(79)92(84-54-62-26-12-8-22-58(62)50-80(84)90)94(64-37-41-66(42-38-64)96-4-2)86-46-44-74-70-30-16-14-28-68(70)72-32-18-34-76(86)88(72)74/h1-2,5-54H. The van der Waals surface area contributed by atoms with Crippen molar-refractivity contribution < 1.29 is 9.47 Å². The van der Waals surface area contributed by atoms with Crippen molar-refractivity contribution in [2.45, 2.75) is 0 Å². The Morgan fingerprint density at radius 3 is 0.781 bits per heavy atom. The number of anilines is 6. The topological polar surface area (TPSA) is 24.9 Å². The van der Waals surface area contributed by atoms with Crippen LogP contribution in [0.1, 0.15) is 0 Å². The highest BCUT2D eigenvalue weighted by molar-refractivity contribution is 6.35. The van der Waals surface area contributed by atoms with E-state index in [-0.39, 0.29) is 0 Å². The molecular formula is C92H52N2O2. The van der Waals surface area contributed by atoms with Gasteiger partial charge in [0.2, 0.25) is 0 Å². The molecule has 0 heterocycles. The Balaban J connectivity index is 0.975. The summed E-state index contributed by atoms with van der Waals surface area (Å²) in [7, 11) is 0. The van der Waals surface area contributed by atoms with Crippen molar-refractivity contribution >= 4 is 142 Å². The smallest absolute Gasteiger partial charge is 0.140 e. The van der Waals surface area contributed by atoms with Gasteiger partial charge in [0, 0.05) is 43.7 Å². The van der Waals surface area contributed by atoms with E-state index in [2.05, 4.69) is 301 Å². The third-order valence-corrected chi connectivity index (χ3v) is 20.4. The molecule has 442 valence electrons. The van der Waals surface area contributed by atoms with Crippen LogP contribution in [0.3, 0.4) is 0 Å². The molecular weight excluding hydrogens is 1170 g/mol. The average Bonchev–Trinajstić information content (AvgIpc) is 1.35. The van der Waals surface area contributed by atoms with Crippen LogP contribution in [0.15, 0.2) is 303 Å².